The summed E-state index contributed by atoms with van der Waals surface area (Å²) >= 11 is 0. The molecule has 0 fully saturated rings. The van der Waals surface area contributed by atoms with Crippen LogP contribution < -0.4 is 9.62 Å². The van der Waals surface area contributed by atoms with Crippen LogP contribution >= 0.6 is 0 Å². The van der Waals surface area contributed by atoms with Gasteiger partial charge in [-0.15, -0.1) is 0 Å². The van der Waals surface area contributed by atoms with E-state index in [1.54, 1.807) is 30.3 Å². The highest BCUT2D eigenvalue weighted by Crippen LogP contribution is 2.19. The first-order chi connectivity index (χ1) is 11.8. The number of para-hydroxylation sites is 2. The first-order valence-corrected chi connectivity index (χ1v) is 9.40. The Kier molecular flexibility index (Phi) is 6.08. The van der Waals surface area contributed by atoms with E-state index >= 15 is 0 Å². The normalized spacial score (nSPS) is 11.2. The van der Waals surface area contributed by atoms with Gasteiger partial charge in [-0.25, -0.2) is 17.2 Å². The third-order valence-electron chi connectivity index (χ3n) is 3.44. The van der Waals surface area contributed by atoms with E-state index in [1.165, 1.54) is 10.4 Å². The van der Waals surface area contributed by atoms with Crippen LogP contribution in [0.15, 0.2) is 48.5 Å². The van der Waals surface area contributed by atoms with Crippen LogP contribution in [0.1, 0.15) is 12.8 Å². The quantitative estimate of drug-likeness (QED) is 0.816. The Morgan fingerprint density at radius 3 is 2.20 bits per heavy atom. The number of rotatable bonds is 7. The molecule has 0 heterocycles. The van der Waals surface area contributed by atoms with Crippen molar-refractivity contribution in [1.29, 1.82) is 0 Å². The number of hydrogen-bond donors (Lipinski definition) is 1. The van der Waals surface area contributed by atoms with Crippen molar-refractivity contribution < 1.29 is 22.0 Å². The van der Waals surface area contributed by atoms with Gasteiger partial charge in [0.2, 0.25) is 15.9 Å². The highest BCUT2D eigenvalue weighted by atomic mass is 32.2. The minimum absolute atomic E-state index is 0.0768. The molecular formula is C17H18F2N2O3S. The van der Waals surface area contributed by atoms with E-state index in [2.05, 4.69) is 5.32 Å². The molecule has 1 N–H and O–H groups in total. The molecule has 0 atom stereocenters. The number of carbonyl (C=O) groups excluding carboxylic acids is 1. The van der Waals surface area contributed by atoms with Crippen molar-refractivity contribution in [3.63, 3.8) is 0 Å². The van der Waals surface area contributed by atoms with Crippen LogP contribution in [0.2, 0.25) is 0 Å². The number of amides is 1. The van der Waals surface area contributed by atoms with Crippen molar-refractivity contribution in [1.82, 2.24) is 0 Å². The second-order valence-electron chi connectivity index (χ2n) is 5.42. The van der Waals surface area contributed by atoms with Crippen LogP contribution in [0.3, 0.4) is 0 Å². The second-order valence-corrected chi connectivity index (χ2v) is 7.33. The highest BCUT2D eigenvalue weighted by Gasteiger charge is 2.18. The number of nitrogens with one attached hydrogen (secondary N) is 1. The zero-order valence-corrected chi connectivity index (χ0v) is 14.4. The van der Waals surface area contributed by atoms with Crippen molar-refractivity contribution in [2.45, 2.75) is 12.8 Å². The van der Waals surface area contributed by atoms with Gasteiger partial charge in [-0.2, -0.15) is 0 Å². The van der Waals surface area contributed by atoms with Gasteiger partial charge in [-0.1, -0.05) is 24.3 Å². The Balaban J connectivity index is 1.97. The maximum Gasteiger partial charge on any atom is 0.232 e. The molecule has 0 saturated heterocycles. The average Bonchev–Trinajstić information content (AvgIpc) is 2.55. The molecule has 8 heteroatoms. The molecular weight excluding hydrogens is 350 g/mol. The molecule has 2 rings (SSSR count). The largest absolute Gasteiger partial charge is 0.321 e. The molecule has 2 aromatic carbocycles. The van der Waals surface area contributed by atoms with Gasteiger partial charge >= 0.3 is 0 Å². The highest BCUT2D eigenvalue weighted by molar-refractivity contribution is 7.92. The van der Waals surface area contributed by atoms with E-state index in [0.29, 0.717) is 5.69 Å². The Bertz CT molecular complexity index is 822. The van der Waals surface area contributed by atoms with Gasteiger partial charge in [0.05, 0.1) is 11.9 Å². The zero-order chi connectivity index (χ0) is 18.4. The number of anilines is 2. The predicted molar refractivity (Wildman–Crippen MR) is 92.9 cm³/mol. The summed E-state index contributed by atoms with van der Waals surface area (Å²) in [4.78, 5) is 11.9. The molecule has 1 amide bonds. The number of carbonyl (C=O) groups is 1. The topological polar surface area (TPSA) is 66.5 Å². The van der Waals surface area contributed by atoms with Crippen LogP contribution in [0.25, 0.3) is 0 Å². The SMILES string of the molecule is CS(=O)(=O)N(CCCC(=O)Nc1c(F)cccc1F)c1ccccc1. The van der Waals surface area contributed by atoms with Crippen LogP contribution in [-0.4, -0.2) is 27.1 Å². The molecule has 0 spiro atoms. The van der Waals surface area contributed by atoms with E-state index in [9.17, 15) is 22.0 Å². The molecule has 0 unspecified atom stereocenters. The van der Waals surface area contributed by atoms with E-state index in [-0.39, 0.29) is 19.4 Å². The minimum atomic E-state index is -3.51. The summed E-state index contributed by atoms with van der Waals surface area (Å²) in [6.45, 7) is 0.0794. The summed E-state index contributed by atoms with van der Waals surface area (Å²) < 4.78 is 52.0. The summed E-state index contributed by atoms with van der Waals surface area (Å²) in [6, 6.07) is 11.8. The van der Waals surface area contributed by atoms with Gasteiger partial charge in [0.15, 0.2) is 0 Å². The fourth-order valence-corrected chi connectivity index (χ4v) is 3.25. The zero-order valence-electron chi connectivity index (χ0n) is 13.6. The smallest absolute Gasteiger partial charge is 0.232 e. The summed E-state index contributed by atoms with van der Waals surface area (Å²) in [6.07, 6.45) is 1.20. The summed E-state index contributed by atoms with van der Waals surface area (Å²) in [7, 11) is -3.51. The fraction of sp³-hybridized carbons (Fsp3) is 0.235. The predicted octanol–water partition coefficient (Wildman–Crippen LogP) is 3.15. The fourth-order valence-electron chi connectivity index (χ4n) is 2.28. The number of hydrogen-bond acceptors (Lipinski definition) is 3. The van der Waals surface area contributed by atoms with Crippen molar-refractivity contribution in [3.05, 3.63) is 60.2 Å². The molecule has 5 nitrogen and oxygen atoms in total. The molecule has 25 heavy (non-hydrogen) atoms. The van der Waals surface area contributed by atoms with Crippen LogP contribution in [-0.2, 0) is 14.8 Å². The Morgan fingerprint density at radius 1 is 1.04 bits per heavy atom. The van der Waals surface area contributed by atoms with Gasteiger partial charge in [0.1, 0.15) is 17.3 Å². The lowest BCUT2D eigenvalue weighted by molar-refractivity contribution is -0.116. The number of halogens is 2. The molecule has 0 saturated carbocycles. The van der Waals surface area contributed by atoms with Crippen molar-refractivity contribution in [2.75, 3.05) is 22.4 Å². The number of benzene rings is 2. The van der Waals surface area contributed by atoms with E-state index < -0.39 is 33.3 Å². The summed E-state index contributed by atoms with van der Waals surface area (Å²) in [5.74, 6) is -2.32. The number of sulfonamides is 1. The maximum atomic E-state index is 13.5. The first kappa shape index (κ1) is 18.9. The Hall–Kier alpha value is -2.48. The monoisotopic (exact) mass is 368 g/mol. The van der Waals surface area contributed by atoms with Gasteiger partial charge < -0.3 is 5.32 Å². The van der Waals surface area contributed by atoms with Crippen LogP contribution in [0.4, 0.5) is 20.2 Å². The van der Waals surface area contributed by atoms with Crippen molar-refractivity contribution >= 4 is 27.3 Å². The third-order valence-corrected chi connectivity index (χ3v) is 4.63. The average molecular weight is 368 g/mol. The molecule has 0 aliphatic rings. The lowest BCUT2D eigenvalue weighted by Crippen LogP contribution is -2.31. The molecule has 0 aliphatic carbocycles. The van der Waals surface area contributed by atoms with Gasteiger partial charge in [0, 0.05) is 13.0 Å². The molecule has 0 bridgehead atoms. The van der Waals surface area contributed by atoms with E-state index in [4.69, 9.17) is 0 Å². The lowest BCUT2D eigenvalue weighted by Gasteiger charge is -2.22. The molecule has 2 aromatic rings. The summed E-state index contributed by atoms with van der Waals surface area (Å²) in [5.41, 5.74) is -0.0129. The lowest BCUT2D eigenvalue weighted by atomic mass is 10.2. The Labute approximate surface area is 145 Å². The van der Waals surface area contributed by atoms with E-state index in [1.807, 2.05) is 0 Å². The molecule has 0 aromatic heterocycles. The third kappa shape index (κ3) is 5.25. The summed E-state index contributed by atoms with van der Waals surface area (Å²) in [5, 5.41) is 2.17. The standard InChI is InChI=1S/C17H18F2N2O3S/c1-25(23,24)21(13-7-3-2-4-8-13)12-6-11-16(22)20-17-14(18)9-5-10-15(17)19/h2-5,7-10H,6,11-12H2,1H3,(H,20,22). The van der Waals surface area contributed by atoms with E-state index in [0.717, 1.165) is 18.4 Å². The molecule has 0 aliphatic heterocycles. The van der Waals surface area contributed by atoms with Crippen LogP contribution in [0.5, 0.6) is 0 Å². The molecule has 134 valence electrons. The van der Waals surface area contributed by atoms with Crippen molar-refractivity contribution in [2.24, 2.45) is 0 Å². The van der Waals surface area contributed by atoms with Crippen molar-refractivity contribution in [3.8, 4) is 0 Å². The van der Waals surface area contributed by atoms with Gasteiger partial charge in [-0.05, 0) is 30.7 Å². The van der Waals surface area contributed by atoms with Gasteiger partial charge in [0.25, 0.3) is 0 Å². The second kappa shape index (κ2) is 8.06. The maximum absolute atomic E-state index is 13.5. The molecule has 0 radical (unpaired) electrons. The minimum Gasteiger partial charge on any atom is -0.321 e. The number of nitrogens with zero attached hydrogens (tertiary/aromatic N) is 1. The Morgan fingerprint density at radius 2 is 1.64 bits per heavy atom. The van der Waals surface area contributed by atoms with Gasteiger partial charge in [-0.3, -0.25) is 9.10 Å². The van der Waals surface area contributed by atoms with Crippen LogP contribution in [0, 0.1) is 11.6 Å². The first-order valence-electron chi connectivity index (χ1n) is 7.55.